The summed E-state index contributed by atoms with van der Waals surface area (Å²) in [6, 6.07) is 16.8. The standard InChI is InChI=1S/C30H30N2O5/c33-28-19(15-18-7-5-13-32-14-6-12-24(28)27(18)32)16-26(29(34)35)31-30(36)37-17-25-22-10-3-1-8-20(22)21-9-2-4-11-23(21)25/h1-4,8-11,15,25-26,33H,5-7,12-14,16-17H2,(H,31,36)(H,34,35). The largest absolute Gasteiger partial charge is 0.507 e. The lowest BCUT2D eigenvalue weighted by Gasteiger charge is -2.37. The molecule has 0 radical (unpaired) electrons. The summed E-state index contributed by atoms with van der Waals surface area (Å²) < 4.78 is 5.56. The van der Waals surface area contributed by atoms with Gasteiger partial charge in [-0.2, -0.15) is 0 Å². The van der Waals surface area contributed by atoms with E-state index in [4.69, 9.17) is 4.74 Å². The average Bonchev–Trinajstić information content (AvgIpc) is 3.23. The number of rotatable bonds is 6. The number of nitrogens with zero attached hydrogens (tertiary/aromatic N) is 1. The second-order valence-electron chi connectivity index (χ2n) is 10.1. The maximum absolute atomic E-state index is 12.8. The van der Waals surface area contributed by atoms with Gasteiger partial charge in [0.25, 0.3) is 0 Å². The summed E-state index contributed by atoms with van der Waals surface area (Å²) in [6.45, 7) is 2.08. The van der Waals surface area contributed by atoms with E-state index < -0.39 is 18.1 Å². The number of amides is 1. The number of aliphatic carboxylic acids is 1. The molecule has 7 heteroatoms. The quantitative estimate of drug-likeness (QED) is 0.459. The number of hydrogen-bond acceptors (Lipinski definition) is 5. The zero-order chi connectivity index (χ0) is 25.5. The molecule has 1 unspecified atom stereocenters. The van der Waals surface area contributed by atoms with Crippen molar-refractivity contribution in [1.29, 1.82) is 0 Å². The van der Waals surface area contributed by atoms with E-state index in [-0.39, 0.29) is 24.7 Å². The number of phenolic OH excluding ortho intramolecular Hbond substituents is 1. The summed E-state index contributed by atoms with van der Waals surface area (Å²) in [4.78, 5) is 27.2. The van der Waals surface area contributed by atoms with Gasteiger partial charge < -0.3 is 25.2 Å². The number of carboxylic acid groups (broad SMARTS) is 1. The van der Waals surface area contributed by atoms with Crippen LogP contribution in [0.25, 0.3) is 11.1 Å². The van der Waals surface area contributed by atoms with E-state index in [9.17, 15) is 19.8 Å². The molecule has 3 aliphatic rings. The Balaban J connectivity index is 1.17. The first-order valence-corrected chi connectivity index (χ1v) is 13.0. The third-order valence-electron chi connectivity index (χ3n) is 7.93. The molecule has 3 aromatic rings. The molecular formula is C30H30N2O5. The maximum atomic E-state index is 12.8. The minimum absolute atomic E-state index is 0.00829. The Kier molecular flexibility index (Phi) is 5.99. The Morgan fingerprint density at radius 3 is 2.32 bits per heavy atom. The van der Waals surface area contributed by atoms with Crippen LogP contribution >= 0.6 is 0 Å². The van der Waals surface area contributed by atoms with Crippen molar-refractivity contribution >= 4 is 17.7 Å². The summed E-state index contributed by atoms with van der Waals surface area (Å²) in [6.07, 6.45) is 2.89. The topological polar surface area (TPSA) is 99.1 Å². The van der Waals surface area contributed by atoms with E-state index >= 15 is 0 Å². The molecule has 1 aliphatic carbocycles. The van der Waals surface area contributed by atoms with E-state index in [1.54, 1.807) is 0 Å². The van der Waals surface area contributed by atoms with Crippen molar-refractivity contribution in [2.45, 2.75) is 44.1 Å². The van der Waals surface area contributed by atoms with Crippen molar-refractivity contribution < 1.29 is 24.5 Å². The third-order valence-corrected chi connectivity index (χ3v) is 7.93. The van der Waals surface area contributed by atoms with Gasteiger partial charge in [-0.25, -0.2) is 9.59 Å². The second kappa shape index (κ2) is 9.47. The first-order valence-electron chi connectivity index (χ1n) is 13.0. The van der Waals surface area contributed by atoms with Crippen LogP contribution in [-0.4, -0.2) is 48.0 Å². The van der Waals surface area contributed by atoms with Gasteiger partial charge in [0, 0.05) is 36.7 Å². The number of alkyl carbamates (subject to hydrolysis) is 1. The highest BCUT2D eigenvalue weighted by Crippen LogP contribution is 2.45. The van der Waals surface area contributed by atoms with Gasteiger partial charge in [-0.3, -0.25) is 0 Å². The fraction of sp³-hybridized carbons (Fsp3) is 0.333. The fourth-order valence-corrected chi connectivity index (χ4v) is 6.27. The molecule has 7 nitrogen and oxygen atoms in total. The molecule has 1 amide bonds. The molecule has 0 saturated heterocycles. The van der Waals surface area contributed by atoms with Gasteiger partial charge in [0.05, 0.1) is 0 Å². The summed E-state index contributed by atoms with van der Waals surface area (Å²) in [5.74, 6) is -1.12. The number of hydrogen-bond donors (Lipinski definition) is 3. The van der Waals surface area contributed by atoms with Crippen molar-refractivity contribution in [2.75, 3.05) is 24.6 Å². The van der Waals surface area contributed by atoms with Gasteiger partial charge in [-0.15, -0.1) is 0 Å². The van der Waals surface area contributed by atoms with Gasteiger partial charge >= 0.3 is 12.1 Å². The molecule has 6 rings (SSSR count). The van der Waals surface area contributed by atoms with E-state index in [0.29, 0.717) is 5.56 Å². The zero-order valence-electron chi connectivity index (χ0n) is 20.6. The Hall–Kier alpha value is -4.00. The van der Waals surface area contributed by atoms with Crippen LogP contribution in [0.15, 0.2) is 54.6 Å². The van der Waals surface area contributed by atoms with Gasteiger partial charge in [0.15, 0.2) is 0 Å². The molecule has 1 atom stereocenters. The number of carboxylic acids is 1. The third kappa shape index (κ3) is 4.18. The van der Waals surface area contributed by atoms with E-state index in [0.717, 1.165) is 77.8 Å². The number of carbonyl (C=O) groups is 2. The van der Waals surface area contributed by atoms with Crippen LogP contribution in [0.2, 0.25) is 0 Å². The minimum atomic E-state index is -1.21. The highest BCUT2D eigenvalue weighted by molar-refractivity contribution is 5.81. The smallest absolute Gasteiger partial charge is 0.407 e. The molecule has 2 heterocycles. The van der Waals surface area contributed by atoms with E-state index in [1.165, 1.54) is 0 Å². The van der Waals surface area contributed by atoms with Crippen LogP contribution in [0.3, 0.4) is 0 Å². The van der Waals surface area contributed by atoms with Gasteiger partial charge in [-0.1, -0.05) is 48.5 Å². The van der Waals surface area contributed by atoms with Crippen LogP contribution in [0.5, 0.6) is 5.75 Å². The number of nitrogens with one attached hydrogen (secondary N) is 1. The highest BCUT2D eigenvalue weighted by Gasteiger charge is 2.32. The number of anilines is 1. The lowest BCUT2D eigenvalue weighted by atomic mass is 9.87. The predicted molar refractivity (Wildman–Crippen MR) is 140 cm³/mol. The molecule has 190 valence electrons. The molecular weight excluding hydrogens is 468 g/mol. The van der Waals surface area contributed by atoms with Crippen LogP contribution < -0.4 is 10.2 Å². The molecule has 0 aromatic heterocycles. The summed E-state index contributed by atoms with van der Waals surface area (Å²) in [5.41, 5.74) is 8.17. The molecule has 3 N–H and O–H groups in total. The van der Waals surface area contributed by atoms with Crippen molar-refractivity contribution in [2.24, 2.45) is 0 Å². The highest BCUT2D eigenvalue weighted by atomic mass is 16.5. The number of benzene rings is 3. The van der Waals surface area contributed by atoms with Crippen LogP contribution in [0.4, 0.5) is 10.5 Å². The second-order valence-corrected chi connectivity index (χ2v) is 10.1. The van der Waals surface area contributed by atoms with Gasteiger partial charge in [-0.05, 0) is 65.1 Å². The van der Waals surface area contributed by atoms with Gasteiger partial charge in [0.2, 0.25) is 0 Å². The summed E-state index contributed by atoms with van der Waals surface area (Å²) in [5, 5.41) is 23.4. The average molecular weight is 499 g/mol. The zero-order valence-corrected chi connectivity index (χ0v) is 20.6. The maximum Gasteiger partial charge on any atom is 0.407 e. The van der Waals surface area contributed by atoms with Crippen molar-refractivity contribution in [3.05, 3.63) is 82.4 Å². The Labute approximate surface area is 215 Å². The van der Waals surface area contributed by atoms with Crippen molar-refractivity contribution in [1.82, 2.24) is 5.32 Å². The van der Waals surface area contributed by atoms with Crippen molar-refractivity contribution in [3.8, 4) is 16.9 Å². The number of phenols is 1. The molecule has 37 heavy (non-hydrogen) atoms. The predicted octanol–water partition coefficient (Wildman–Crippen LogP) is 4.63. The summed E-state index contributed by atoms with van der Waals surface area (Å²) in [7, 11) is 0. The Morgan fingerprint density at radius 2 is 1.65 bits per heavy atom. The van der Waals surface area contributed by atoms with E-state index in [1.807, 2.05) is 42.5 Å². The SMILES string of the molecule is O=C(NC(Cc1cc2c3c(c1O)CCCN3CCC2)C(=O)O)OCC1c2ccccc2-c2ccccc21. The minimum Gasteiger partial charge on any atom is -0.507 e. The van der Waals surface area contributed by atoms with E-state index in [2.05, 4.69) is 22.3 Å². The molecule has 2 aliphatic heterocycles. The molecule has 3 aromatic carbocycles. The van der Waals surface area contributed by atoms with Crippen molar-refractivity contribution in [3.63, 3.8) is 0 Å². The first-order chi connectivity index (χ1) is 18.0. The Morgan fingerprint density at radius 1 is 1.00 bits per heavy atom. The molecule has 0 bridgehead atoms. The number of aromatic hydroxyl groups is 1. The van der Waals surface area contributed by atoms with Crippen LogP contribution in [0.1, 0.15) is 46.6 Å². The first kappa shape index (κ1) is 23.4. The normalized spacial score (nSPS) is 16.4. The van der Waals surface area contributed by atoms with Crippen LogP contribution in [0, 0.1) is 0 Å². The number of ether oxygens (including phenoxy) is 1. The van der Waals surface area contributed by atoms with Gasteiger partial charge in [0.1, 0.15) is 18.4 Å². The fourth-order valence-electron chi connectivity index (χ4n) is 6.27. The number of aryl methyl sites for hydroxylation is 1. The number of fused-ring (bicyclic) bond motifs is 3. The molecule has 0 saturated carbocycles. The molecule has 0 fully saturated rings. The van der Waals surface area contributed by atoms with Crippen LogP contribution in [-0.2, 0) is 28.8 Å². The lowest BCUT2D eigenvalue weighted by molar-refractivity contribution is -0.139. The monoisotopic (exact) mass is 498 g/mol. The Bertz CT molecular complexity index is 1340. The molecule has 0 spiro atoms. The number of carbonyl (C=O) groups excluding carboxylic acids is 1. The lowest BCUT2D eigenvalue weighted by Crippen LogP contribution is -2.43. The summed E-state index contributed by atoms with van der Waals surface area (Å²) >= 11 is 0.